The number of likely N-dealkylation sites (tertiary alicyclic amines) is 1. The van der Waals surface area contributed by atoms with E-state index in [1.807, 2.05) is 32.6 Å². The van der Waals surface area contributed by atoms with Gasteiger partial charge in [-0.25, -0.2) is 9.59 Å². The van der Waals surface area contributed by atoms with Gasteiger partial charge in [-0.05, 0) is 78.6 Å². The normalized spacial score (nSPS) is 37.6. The number of ether oxygens (including phenoxy) is 2. The lowest BCUT2D eigenvalue weighted by Crippen LogP contribution is -2.50. The minimum atomic E-state index is -0.526. The second-order valence-corrected chi connectivity index (χ2v) is 10.9. The molecule has 2 saturated heterocycles. The van der Waals surface area contributed by atoms with Crippen molar-refractivity contribution in [2.75, 3.05) is 0 Å². The van der Waals surface area contributed by atoms with Gasteiger partial charge in [-0.1, -0.05) is 30.8 Å². The summed E-state index contributed by atoms with van der Waals surface area (Å²) in [4.78, 5) is 27.3. The number of carbonyl (C=O) groups excluding carboxylic acids is 2. The molecule has 2 aliphatic heterocycles. The van der Waals surface area contributed by atoms with E-state index in [9.17, 15) is 9.59 Å². The molecule has 0 aromatic heterocycles. The number of rotatable bonds is 0. The highest BCUT2D eigenvalue weighted by molar-refractivity contribution is 5.92. The number of carbonyl (C=O) groups is 2. The third kappa shape index (κ3) is 4.49. The standard InChI is InChI=1S/C26H37NO4/c1-16-9-8-11-19(27(16)25(29)31-26(3,4)5)13-14-21-20-12-7-6-10-18(20)15-22-23(21)17(2)30-24(22)28/h15-21,23H,6-12H2,1-5H3/t16-,17-,18-,19+,20+,21-,23-/m0/s1. The zero-order valence-corrected chi connectivity index (χ0v) is 19.6. The van der Waals surface area contributed by atoms with Crippen LogP contribution in [-0.4, -0.2) is 40.8 Å². The molecule has 4 aliphatic rings. The van der Waals surface area contributed by atoms with Gasteiger partial charge in [0.1, 0.15) is 11.7 Å². The van der Waals surface area contributed by atoms with Crippen LogP contribution in [0.1, 0.15) is 79.6 Å². The SMILES string of the molecule is C[C@@H]1OC(=O)C2=C[C@@H]3CCCC[C@H]3[C@H](C#C[C@H]3CCC[C@H](C)N3C(=O)OC(C)(C)C)[C@@H]21. The number of hydrogen-bond acceptors (Lipinski definition) is 4. The summed E-state index contributed by atoms with van der Waals surface area (Å²) in [5, 5.41) is 0. The summed E-state index contributed by atoms with van der Waals surface area (Å²) in [5.41, 5.74) is 0.317. The molecule has 1 amide bonds. The molecule has 0 aromatic carbocycles. The Balaban J connectivity index is 1.62. The van der Waals surface area contributed by atoms with Gasteiger partial charge in [0.15, 0.2) is 0 Å². The topological polar surface area (TPSA) is 55.8 Å². The van der Waals surface area contributed by atoms with Crippen LogP contribution in [0.4, 0.5) is 4.79 Å². The number of nitrogens with zero attached hydrogens (tertiary/aromatic N) is 1. The summed E-state index contributed by atoms with van der Waals surface area (Å²) in [6, 6.07) is -0.0224. The highest BCUT2D eigenvalue weighted by Crippen LogP contribution is 2.49. The van der Waals surface area contributed by atoms with Crippen LogP contribution in [0.25, 0.3) is 0 Å². The van der Waals surface area contributed by atoms with Crippen LogP contribution in [0.2, 0.25) is 0 Å². The zero-order chi connectivity index (χ0) is 22.3. The van der Waals surface area contributed by atoms with Crippen molar-refractivity contribution in [3.05, 3.63) is 11.6 Å². The molecule has 0 aromatic rings. The van der Waals surface area contributed by atoms with E-state index in [0.29, 0.717) is 11.8 Å². The lowest BCUT2D eigenvalue weighted by atomic mass is 9.62. The number of hydrogen-bond donors (Lipinski definition) is 0. The first-order chi connectivity index (χ1) is 14.7. The molecule has 0 spiro atoms. The summed E-state index contributed by atoms with van der Waals surface area (Å²) in [5.74, 6) is 8.01. The third-order valence-electron chi connectivity index (χ3n) is 7.44. The lowest BCUT2D eigenvalue weighted by Gasteiger charge is -2.41. The second kappa shape index (κ2) is 8.52. The Bertz CT molecular complexity index is 813. The van der Waals surface area contributed by atoms with Crippen molar-refractivity contribution in [2.24, 2.45) is 23.7 Å². The van der Waals surface area contributed by atoms with E-state index in [2.05, 4.69) is 24.8 Å². The molecule has 5 heteroatoms. The summed E-state index contributed by atoms with van der Waals surface area (Å²) in [6.07, 6.45) is 9.43. The van der Waals surface area contributed by atoms with Gasteiger partial charge in [0.2, 0.25) is 0 Å². The number of amides is 1. The molecule has 0 bridgehead atoms. The van der Waals surface area contributed by atoms with E-state index in [0.717, 1.165) is 37.7 Å². The maximum absolute atomic E-state index is 13.0. The summed E-state index contributed by atoms with van der Waals surface area (Å²) in [7, 11) is 0. The molecule has 1 saturated carbocycles. The summed E-state index contributed by atoms with van der Waals surface area (Å²) >= 11 is 0. The van der Waals surface area contributed by atoms with Crippen LogP contribution in [0.3, 0.4) is 0 Å². The van der Waals surface area contributed by atoms with Crippen LogP contribution in [-0.2, 0) is 14.3 Å². The quantitative estimate of drug-likeness (QED) is 0.399. The zero-order valence-electron chi connectivity index (χ0n) is 19.6. The molecule has 0 radical (unpaired) electrons. The second-order valence-electron chi connectivity index (χ2n) is 10.9. The Morgan fingerprint density at radius 2 is 1.84 bits per heavy atom. The minimum absolute atomic E-state index is 0.0512. The predicted molar refractivity (Wildman–Crippen MR) is 119 cm³/mol. The molecule has 0 unspecified atom stereocenters. The Kier molecular flexibility index (Phi) is 6.12. The fraction of sp³-hybridized carbons (Fsp3) is 0.769. The van der Waals surface area contributed by atoms with E-state index >= 15 is 0 Å². The van der Waals surface area contributed by atoms with Gasteiger partial charge < -0.3 is 9.47 Å². The smallest absolute Gasteiger partial charge is 0.411 e. The average molecular weight is 428 g/mol. The fourth-order valence-corrected chi connectivity index (χ4v) is 6.05. The molecule has 31 heavy (non-hydrogen) atoms. The van der Waals surface area contributed by atoms with Crippen molar-refractivity contribution in [2.45, 2.75) is 103 Å². The van der Waals surface area contributed by atoms with Crippen molar-refractivity contribution in [1.82, 2.24) is 4.90 Å². The number of piperidine rings is 1. The maximum Gasteiger partial charge on any atom is 0.411 e. The van der Waals surface area contributed by atoms with Crippen molar-refractivity contribution >= 4 is 12.1 Å². The van der Waals surface area contributed by atoms with Crippen molar-refractivity contribution in [3.8, 4) is 11.8 Å². The fourth-order valence-electron chi connectivity index (χ4n) is 6.05. The molecule has 2 heterocycles. The number of allylic oxidation sites excluding steroid dienone is 1. The first-order valence-corrected chi connectivity index (χ1v) is 12.1. The van der Waals surface area contributed by atoms with Crippen LogP contribution >= 0.6 is 0 Å². The predicted octanol–water partition coefficient (Wildman–Crippen LogP) is 5.09. The monoisotopic (exact) mass is 427 g/mol. The lowest BCUT2D eigenvalue weighted by molar-refractivity contribution is -0.138. The van der Waals surface area contributed by atoms with Crippen LogP contribution in [0.15, 0.2) is 11.6 Å². The largest absolute Gasteiger partial charge is 0.459 e. The molecule has 0 N–H and O–H groups in total. The van der Waals surface area contributed by atoms with Gasteiger partial charge in [0.05, 0.1) is 6.04 Å². The van der Waals surface area contributed by atoms with Crippen LogP contribution in [0, 0.1) is 35.5 Å². The Morgan fingerprint density at radius 1 is 1.10 bits per heavy atom. The van der Waals surface area contributed by atoms with Crippen molar-refractivity contribution < 1.29 is 19.1 Å². The van der Waals surface area contributed by atoms with Gasteiger partial charge in [-0.15, -0.1) is 0 Å². The highest BCUT2D eigenvalue weighted by atomic mass is 16.6. The van der Waals surface area contributed by atoms with Crippen LogP contribution in [0.5, 0.6) is 0 Å². The molecule has 3 fully saturated rings. The molecule has 7 atom stereocenters. The van der Waals surface area contributed by atoms with Crippen LogP contribution < -0.4 is 0 Å². The summed E-state index contributed by atoms with van der Waals surface area (Å²) < 4.78 is 11.3. The van der Waals surface area contributed by atoms with Crippen molar-refractivity contribution in [1.29, 1.82) is 0 Å². The number of cyclic esters (lactones) is 1. The molecule has 5 nitrogen and oxygen atoms in total. The van der Waals surface area contributed by atoms with Gasteiger partial charge in [0.25, 0.3) is 0 Å². The first kappa shape index (κ1) is 22.2. The van der Waals surface area contributed by atoms with E-state index in [1.54, 1.807) is 0 Å². The molecular weight excluding hydrogens is 390 g/mol. The Morgan fingerprint density at radius 3 is 2.58 bits per heavy atom. The Labute approximate surface area is 186 Å². The average Bonchev–Trinajstić information content (AvgIpc) is 2.97. The number of fused-ring (bicyclic) bond motifs is 2. The van der Waals surface area contributed by atoms with E-state index in [1.165, 1.54) is 12.8 Å². The maximum atomic E-state index is 13.0. The van der Waals surface area contributed by atoms with Gasteiger partial charge in [-0.3, -0.25) is 4.90 Å². The van der Waals surface area contributed by atoms with Gasteiger partial charge in [-0.2, -0.15) is 0 Å². The van der Waals surface area contributed by atoms with Gasteiger partial charge >= 0.3 is 12.1 Å². The molecule has 4 rings (SSSR count). The Hall–Kier alpha value is -1.96. The molecular formula is C26H37NO4. The van der Waals surface area contributed by atoms with E-state index in [-0.39, 0.29) is 42.1 Å². The van der Waals surface area contributed by atoms with E-state index < -0.39 is 5.60 Å². The van der Waals surface area contributed by atoms with E-state index in [4.69, 9.17) is 9.47 Å². The highest BCUT2D eigenvalue weighted by Gasteiger charge is 2.49. The third-order valence-corrected chi connectivity index (χ3v) is 7.44. The molecule has 170 valence electrons. The summed E-state index contributed by atoms with van der Waals surface area (Å²) in [6.45, 7) is 9.78. The first-order valence-electron chi connectivity index (χ1n) is 12.1. The van der Waals surface area contributed by atoms with Crippen molar-refractivity contribution in [3.63, 3.8) is 0 Å². The molecule has 2 aliphatic carbocycles. The minimum Gasteiger partial charge on any atom is -0.459 e. The van der Waals surface area contributed by atoms with Gasteiger partial charge in [0, 0.05) is 23.5 Å². The number of esters is 1.